The van der Waals surface area contributed by atoms with Gasteiger partial charge in [0.15, 0.2) is 5.75 Å². The molecular formula is C23H20N4O7. The molecule has 0 heterocycles. The number of rotatable bonds is 9. The summed E-state index contributed by atoms with van der Waals surface area (Å²) in [5.74, 6) is 0.0252. The third-order valence-electron chi connectivity index (χ3n) is 4.70. The molecule has 0 bridgehead atoms. The molecular weight excluding hydrogens is 444 g/mol. The van der Waals surface area contributed by atoms with Gasteiger partial charge >= 0.3 is 5.69 Å². The molecule has 0 aliphatic carbocycles. The lowest BCUT2D eigenvalue weighted by Crippen LogP contribution is -2.17. The highest BCUT2D eigenvalue weighted by Gasteiger charge is 2.16. The molecule has 3 aromatic carbocycles. The van der Waals surface area contributed by atoms with Crippen LogP contribution in [0.15, 0.2) is 65.8 Å². The third-order valence-corrected chi connectivity index (χ3v) is 4.70. The minimum Gasteiger partial charge on any atom is -0.496 e. The summed E-state index contributed by atoms with van der Waals surface area (Å²) in [4.78, 5) is 33.3. The molecule has 0 saturated carbocycles. The van der Waals surface area contributed by atoms with E-state index in [4.69, 9.17) is 9.47 Å². The van der Waals surface area contributed by atoms with E-state index in [1.54, 1.807) is 31.2 Å². The van der Waals surface area contributed by atoms with Gasteiger partial charge in [0, 0.05) is 29.3 Å². The summed E-state index contributed by atoms with van der Waals surface area (Å²) < 4.78 is 11.0. The van der Waals surface area contributed by atoms with E-state index < -0.39 is 15.8 Å². The Morgan fingerprint density at radius 3 is 2.50 bits per heavy atom. The molecule has 0 aromatic heterocycles. The van der Waals surface area contributed by atoms with Crippen LogP contribution in [0.2, 0.25) is 0 Å². The molecule has 34 heavy (non-hydrogen) atoms. The summed E-state index contributed by atoms with van der Waals surface area (Å²) in [7, 11) is 1.49. The molecule has 0 saturated heterocycles. The summed E-state index contributed by atoms with van der Waals surface area (Å²) in [6.07, 6.45) is 1.38. The van der Waals surface area contributed by atoms with Crippen LogP contribution in [-0.2, 0) is 6.61 Å². The number of aryl methyl sites for hydroxylation is 1. The van der Waals surface area contributed by atoms with Crippen LogP contribution < -0.4 is 14.9 Å². The first-order valence-electron chi connectivity index (χ1n) is 9.91. The number of benzene rings is 3. The zero-order chi connectivity index (χ0) is 24.7. The number of hydrogen-bond donors (Lipinski definition) is 1. The SMILES string of the molecule is COc1ccc(C=NNC(=O)c2cccc([N+](=O)[O-])c2)cc1COc1ccc(C)cc1[N+](=O)[O-]. The number of nitrogens with one attached hydrogen (secondary N) is 1. The molecule has 3 rings (SSSR count). The highest BCUT2D eigenvalue weighted by atomic mass is 16.6. The highest BCUT2D eigenvalue weighted by Crippen LogP contribution is 2.30. The number of non-ortho nitro benzene ring substituents is 1. The largest absolute Gasteiger partial charge is 0.496 e. The van der Waals surface area contributed by atoms with Crippen molar-refractivity contribution in [3.8, 4) is 11.5 Å². The maximum atomic E-state index is 12.2. The van der Waals surface area contributed by atoms with Crippen LogP contribution in [0.25, 0.3) is 0 Å². The van der Waals surface area contributed by atoms with Gasteiger partial charge in [-0.25, -0.2) is 5.43 Å². The second-order valence-electron chi connectivity index (χ2n) is 7.09. The number of hydrazone groups is 1. The molecule has 0 fully saturated rings. The lowest BCUT2D eigenvalue weighted by atomic mass is 10.1. The van der Waals surface area contributed by atoms with Crippen LogP contribution in [-0.4, -0.2) is 29.1 Å². The second-order valence-corrected chi connectivity index (χ2v) is 7.09. The van der Waals surface area contributed by atoms with Gasteiger partial charge in [-0.2, -0.15) is 5.10 Å². The first-order valence-corrected chi connectivity index (χ1v) is 9.91. The van der Waals surface area contributed by atoms with Crippen LogP contribution in [0.5, 0.6) is 11.5 Å². The van der Waals surface area contributed by atoms with Crippen LogP contribution in [0.4, 0.5) is 11.4 Å². The van der Waals surface area contributed by atoms with Crippen molar-refractivity contribution >= 4 is 23.5 Å². The fourth-order valence-electron chi connectivity index (χ4n) is 3.03. The van der Waals surface area contributed by atoms with Crippen LogP contribution in [0.3, 0.4) is 0 Å². The Balaban J connectivity index is 1.72. The van der Waals surface area contributed by atoms with Gasteiger partial charge in [0.2, 0.25) is 0 Å². The van der Waals surface area contributed by atoms with Gasteiger partial charge in [0.25, 0.3) is 11.6 Å². The molecule has 0 aliphatic rings. The quantitative estimate of drug-likeness (QED) is 0.284. The number of nitrogens with zero attached hydrogens (tertiary/aromatic N) is 3. The predicted octanol–water partition coefficient (Wildman–Crippen LogP) is 4.16. The van der Waals surface area contributed by atoms with Gasteiger partial charge < -0.3 is 9.47 Å². The first-order chi connectivity index (χ1) is 16.3. The smallest absolute Gasteiger partial charge is 0.311 e. The fourth-order valence-corrected chi connectivity index (χ4v) is 3.03. The molecule has 3 aromatic rings. The standard InChI is InChI=1S/C23H20N4O7/c1-15-6-8-22(20(10-15)27(31)32)34-14-18-11-16(7-9-21(18)33-2)13-24-25-23(28)17-4-3-5-19(12-17)26(29)30/h3-13H,14H2,1-2H3,(H,25,28). The predicted molar refractivity (Wildman–Crippen MR) is 123 cm³/mol. The minimum absolute atomic E-state index is 0.00516. The number of carbonyl (C=O) groups excluding carboxylic acids is 1. The zero-order valence-corrected chi connectivity index (χ0v) is 18.3. The minimum atomic E-state index is -0.608. The molecule has 0 unspecified atom stereocenters. The van der Waals surface area contributed by atoms with E-state index in [-0.39, 0.29) is 29.3 Å². The summed E-state index contributed by atoms with van der Waals surface area (Å²) >= 11 is 0. The summed E-state index contributed by atoms with van der Waals surface area (Å²) in [6, 6.07) is 15.0. The molecule has 0 aliphatic heterocycles. The number of hydrogen-bond acceptors (Lipinski definition) is 8. The molecule has 0 atom stereocenters. The Morgan fingerprint density at radius 2 is 1.79 bits per heavy atom. The molecule has 11 nitrogen and oxygen atoms in total. The van der Waals surface area contributed by atoms with Crippen molar-refractivity contribution in [3.63, 3.8) is 0 Å². The lowest BCUT2D eigenvalue weighted by Gasteiger charge is -2.11. The number of ether oxygens (including phenoxy) is 2. The van der Waals surface area contributed by atoms with E-state index in [0.717, 1.165) is 11.6 Å². The Labute approximate surface area is 193 Å². The van der Waals surface area contributed by atoms with E-state index in [9.17, 15) is 25.0 Å². The Kier molecular flexibility index (Phi) is 7.49. The molecule has 1 amide bonds. The number of nitro groups is 2. The number of amides is 1. The van der Waals surface area contributed by atoms with Crippen molar-refractivity contribution in [1.29, 1.82) is 0 Å². The average molecular weight is 464 g/mol. The Bertz CT molecular complexity index is 1270. The van der Waals surface area contributed by atoms with E-state index in [1.807, 2.05) is 0 Å². The van der Waals surface area contributed by atoms with Crippen LogP contribution in [0.1, 0.15) is 27.0 Å². The van der Waals surface area contributed by atoms with E-state index in [0.29, 0.717) is 16.9 Å². The molecule has 0 radical (unpaired) electrons. The third kappa shape index (κ3) is 5.91. The van der Waals surface area contributed by atoms with Crippen molar-refractivity contribution < 1.29 is 24.1 Å². The second kappa shape index (κ2) is 10.7. The van der Waals surface area contributed by atoms with Crippen molar-refractivity contribution in [2.45, 2.75) is 13.5 Å². The van der Waals surface area contributed by atoms with E-state index >= 15 is 0 Å². The number of carbonyl (C=O) groups is 1. The summed E-state index contributed by atoms with van der Waals surface area (Å²) in [5.41, 5.74) is 4.00. The topological polar surface area (TPSA) is 146 Å². The summed E-state index contributed by atoms with van der Waals surface area (Å²) in [5, 5.41) is 26.1. The van der Waals surface area contributed by atoms with Gasteiger partial charge in [0.1, 0.15) is 12.4 Å². The van der Waals surface area contributed by atoms with Crippen LogP contribution in [0, 0.1) is 27.2 Å². The first kappa shape index (κ1) is 23.9. The number of nitro benzene ring substituents is 2. The molecule has 11 heteroatoms. The molecule has 1 N–H and O–H groups in total. The molecule has 174 valence electrons. The zero-order valence-electron chi connectivity index (χ0n) is 18.3. The van der Waals surface area contributed by atoms with Crippen molar-refractivity contribution in [2.75, 3.05) is 7.11 Å². The normalized spacial score (nSPS) is 10.6. The van der Waals surface area contributed by atoms with Crippen molar-refractivity contribution in [1.82, 2.24) is 5.43 Å². The van der Waals surface area contributed by atoms with Gasteiger partial charge in [0.05, 0.1) is 23.2 Å². The van der Waals surface area contributed by atoms with Crippen LogP contribution >= 0.6 is 0 Å². The monoisotopic (exact) mass is 464 g/mol. The Hall–Kier alpha value is -4.80. The van der Waals surface area contributed by atoms with Crippen molar-refractivity contribution in [3.05, 3.63) is 103 Å². The molecule has 0 spiro atoms. The maximum absolute atomic E-state index is 12.2. The maximum Gasteiger partial charge on any atom is 0.311 e. The Morgan fingerprint density at radius 1 is 1.03 bits per heavy atom. The van der Waals surface area contributed by atoms with E-state index in [2.05, 4.69) is 10.5 Å². The van der Waals surface area contributed by atoms with E-state index in [1.165, 1.54) is 43.7 Å². The van der Waals surface area contributed by atoms with Gasteiger partial charge in [-0.1, -0.05) is 12.1 Å². The van der Waals surface area contributed by atoms with Gasteiger partial charge in [-0.15, -0.1) is 0 Å². The fraction of sp³-hybridized carbons (Fsp3) is 0.130. The number of methoxy groups -OCH3 is 1. The van der Waals surface area contributed by atoms with Crippen molar-refractivity contribution in [2.24, 2.45) is 5.10 Å². The summed E-state index contributed by atoms with van der Waals surface area (Å²) in [6.45, 7) is 1.75. The average Bonchev–Trinajstić information content (AvgIpc) is 2.83. The van der Waals surface area contributed by atoms with Gasteiger partial charge in [-0.3, -0.25) is 25.0 Å². The highest BCUT2D eigenvalue weighted by molar-refractivity contribution is 5.95. The lowest BCUT2D eigenvalue weighted by molar-refractivity contribution is -0.386. The van der Waals surface area contributed by atoms with Gasteiger partial charge in [-0.05, 0) is 48.4 Å².